The van der Waals surface area contributed by atoms with E-state index in [0.717, 1.165) is 25.9 Å². The van der Waals surface area contributed by atoms with Gasteiger partial charge in [0.15, 0.2) is 11.5 Å². The number of anilines is 1. The highest BCUT2D eigenvalue weighted by molar-refractivity contribution is 14.1. The number of aryl methyl sites for hydroxylation is 1. The number of pyridine rings is 1. The summed E-state index contributed by atoms with van der Waals surface area (Å²) in [5, 5.41) is 3.01. The number of hydrogen-bond acceptors (Lipinski definition) is 4. The summed E-state index contributed by atoms with van der Waals surface area (Å²) >= 11 is 2.12. The number of hydrogen-bond donors (Lipinski definition) is 1. The van der Waals surface area contributed by atoms with E-state index in [1.165, 1.54) is 0 Å². The number of rotatable bonds is 5. The van der Waals surface area contributed by atoms with Crippen molar-refractivity contribution in [3.8, 4) is 22.6 Å². The first-order chi connectivity index (χ1) is 13.0. The van der Waals surface area contributed by atoms with Crippen molar-refractivity contribution < 1.29 is 14.3 Å². The molecule has 5 nitrogen and oxygen atoms in total. The van der Waals surface area contributed by atoms with E-state index in [9.17, 15) is 4.79 Å². The molecule has 1 amide bonds. The summed E-state index contributed by atoms with van der Waals surface area (Å²) in [6.45, 7) is 1.96. The number of carbonyl (C=O) groups is 1. The molecule has 0 unspecified atom stereocenters. The molecule has 0 spiro atoms. The summed E-state index contributed by atoms with van der Waals surface area (Å²) in [7, 11) is 3.12. The number of carbonyl (C=O) groups excluding carboxylic acids is 1. The smallest absolute Gasteiger partial charge is 0.256 e. The van der Waals surface area contributed by atoms with Gasteiger partial charge in [-0.25, -0.2) is 0 Å². The van der Waals surface area contributed by atoms with Gasteiger partial charge in [0.1, 0.15) is 0 Å². The first-order valence-electron chi connectivity index (χ1n) is 8.27. The molecule has 1 N–H and O–H groups in total. The monoisotopic (exact) mass is 474 g/mol. The minimum atomic E-state index is -0.199. The lowest BCUT2D eigenvalue weighted by atomic mass is 10.0. The molecule has 1 aromatic heterocycles. The van der Waals surface area contributed by atoms with E-state index in [1.807, 2.05) is 37.3 Å². The van der Waals surface area contributed by atoms with Gasteiger partial charge in [-0.15, -0.1) is 0 Å². The minimum absolute atomic E-state index is 0.199. The standard InChI is InChI=1S/C21H19IN2O3/c1-13-4-5-15(14-6-8-23-9-7-14)10-18(13)24-21(25)16-11-19(26-2)20(27-3)12-17(16)22/h4-12H,1-3H3,(H,24,25). The number of nitrogens with one attached hydrogen (secondary N) is 1. The molecule has 138 valence electrons. The Hall–Kier alpha value is -2.61. The lowest BCUT2D eigenvalue weighted by Crippen LogP contribution is -2.14. The molecule has 3 rings (SSSR count). The molecule has 27 heavy (non-hydrogen) atoms. The fourth-order valence-electron chi connectivity index (χ4n) is 2.70. The number of ether oxygens (including phenoxy) is 2. The summed E-state index contributed by atoms with van der Waals surface area (Å²) < 4.78 is 11.4. The molecular weight excluding hydrogens is 455 g/mol. The maximum absolute atomic E-state index is 12.9. The topological polar surface area (TPSA) is 60.5 Å². The zero-order valence-electron chi connectivity index (χ0n) is 15.2. The van der Waals surface area contributed by atoms with E-state index in [4.69, 9.17) is 9.47 Å². The number of amides is 1. The SMILES string of the molecule is COc1cc(I)c(C(=O)Nc2cc(-c3ccncc3)ccc2C)cc1OC. The molecular formula is C21H19IN2O3. The van der Waals surface area contributed by atoms with Crippen molar-refractivity contribution in [3.63, 3.8) is 0 Å². The van der Waals surface area contributed by atoms with Crippen LogP contribution in [0.5, 0.6) is 11.5 Å². The van der Waals surface area contributed by atoms with Gasteiger partial charge >= 0.3 is 0 Å². The largest absolute Gasteiger partial charge is 0.493 e. The minimum Gasteiger partial charge on any atom is -0.493 e. The highest BCUT2D eigenvalue weighted by atomic mass is 127. The molecule has 0 atom stereocenters. The fraction of sp³-hybridized carbons (Fsp3) is 0.143. The Morgan fingerprint density at radius 3 is 2.30 bits per heavy atom. The van der Waals surface area contributed by atoms with Gasteiger partial charge in [-0.1, -0.05) is 12.1 Å². The molecule has 0 bridgehead atoms. The third kappa shape index (κ3) is 4.21. The number of methoxy groups -OCH3 is 2. The summed E-state index contributed by atoms with van der Waals surface area (Å²) in [6.07, 6.45) is 3.50. The van der Waals surface area contributed by atoms with Crippen molar-refractivity contribution in [2.45, 2.75) is 6.92 Å². The van der Waals surface area contributed by atoms with E-state index in [2.05, 4.69) is 32.9 Å². The Balaban J connectivity index is 1.93. The highest BCUT2D eigenvalue weighted by Crippen LogP contribution is 2.32. The van der Waals surface area contributed by atoms with E-state index >= 15 is 0 Å². The van der Waals surface area contributed by atoms with Crippen molar-refractivity contribution in [2.75, 3.05) is 19.5 Å². The number of aromatic nitrogens is 1. The van der Waals surface area contributed by atoms with Crippen molar-refractivity contribution in [3.05, 3.63) is 69.6 Å². The predicted octanol–water partition coefficient (Wildman–Crippen LogP) is 4.93. The summed E-state index contributed by atoms with van der Waals surface area (Å²) in [5.41, 5.74) is 4.33. The van der Waals surface area contributed by atoms with Gasteiger partial charge in [0, 0.05) is 21.7 Å². The van der Waals surface area contributed by atoms with E-state index in [1.54, 1.807) is 38.7 Å². The molecule has 0 saturated heterocycles. The van der Waals surface area contributed by atoms with Crippen LogP contribution >= 0.6 is 22.6 Å². The van der Waals surface area contributed by atoms with Crippen LogP contribution < -0.4 is 14.8 Å². The first-order valence-corrected chi connectivity index (χ1v) is 9.35. The first kappa shape index (κ1) is 19.2. The zero-order valence-corrected chi connectivity index (χ0v) is 17.4. The van der Waals surface area contributed by atoms with E-state index < -0.39 is 0 Å². The van der Waals surface area contributed by atoms with Crippen molar-refractivity contribution in [2.24, 2.45) is 0 Å². The van der Waals surface area contributed by atoms with Gasteiger partial charge in [-0.3, -0.25) is 9.78 Å². The van der Waals surface area contributed by atoms with Crippen LogP contribution in [0.2, 0.25) is 0 Å². The normalized spacial score (nSPS) is 10.4. The third-order valence-corrected chi connectivity index (χ3v) is 5.11. The molecule has 0 saturated carbocycles. The lowest BCUT2D eigenvalue weighted by Gasteiger charge is -2.14. The van der Waals surface area contributed by atoms with Gasteiger partial charge in [-0.2, -0.15) is 0 Å². The van der Waals surface area contributed by atoms with Gasteiger partial charge in [0.2, 0.25) is 0 Å². The molecule has 6 heteroatoms. The average Bonchev–Trinajstić information content (AvgIpc) is 2.69. The number of halogens is 1. The maximum atomic E-state index is 12.9. The molecule has 0 aliphatic rings. The second-order valence-electron chi connectivity index (χ2n) is 5.91. The quantitative estimate of drug-likeness (QED) is 0.533. The van der Waals surface area contributed by atoms with Gasteiger partial charge in [-0.05, 0) is 76.5 Å². The molecule has 3 aromatic rings. The average molecular weight is 474 g/mol. The van der Waals surface area contributed by atoms with Crippen LogP contribution in [0.1, 0.15) is 15.9 Å². The summed E-state index contributed by atoms with van der Waals surface area (Å²) in [5.74, 6) is 0.912. The Kier molecular flexibility index (Phi) is 5.95. The molecule has 0 aliphatic carbocycles. The Labute approximate surface area is 171 Å². The lowest BCUT2D eigenvalue weighted by molar-refractivity contribution is 0.102. The number of benzene rings is 2. The summed E-state index contributed by atoms with van der Waals surface area (Å²) in [4.78, 5) is 16.9. The number of nitrogens with zero attached hydrogens (tertiary/aromatic N) is 1. The van der Waals surface area contributed by atoms with Crippen molar-refractivity contribution in [1.82, 2.24) is 4.98 Å². The van der Waals surface area contributed by atoms with Gasteiger partial charge < -0.3 is 14.8 Å². The molecule has 1 heterocycles. The van der Waals surface area contributed by atoms with Crippen molar-refractivity contribution in [1.29, 1.82) is 0 Å². The van der Waals surface area contributed by atoms with Gasteiger partial charge in [0.25, 0.3) is 5.91 Å². The summed E-state index contributed by atoms with van der Waals surface area (Å²) in [6, 6.07) is 13.3. The maximum Gasteiger partial charge on any atom is 0.256 e. The molecule has 0 radical (unpaired) electrons. The highest BCUT2D eigenvalue weighted by Gasteiger charge is 2.16. The fourth-order valence-corrected chi connectivity index (χ4v) is 3.38. The van der Waals surface area contributed by atoms with E-state index in [-0.39, 0.29) is 5.91 Å². The Morgan fingerprint density at radius 1 is 0.963 bits per heavy atom. The van der Waals surface area contributed by atoms with Crippen LogP contribution in [0, 0.1) is 10.5 Å². The zero-order chi connectivity index (χ0) is 19.4. The van der Waals surface area contributed by atoms with Crippen LogP contribution in [0.25, 0.3) is 11.1 Å². The van der Waals surface area contributed by atoms with Crippen molar-refractivity contribution >= 4 is 34.2 Å². The second-order valence-corrected chi connectivity index (χ2v) is 7.07. The molecule has 0 aliphatic heterocycles. The van der Waals surface area contributed by atoms with Crippen LogP contribution in [0.4, 0.5) is 5.69 Å². The predicted molar refractivity (Wildman–Crippen MR) is 115 cm³/mol. The van der Waals surface area contributed by atoms with Crippen LogP contribution in [-0.2, 0) is 0 Å². The Bertz CT molecular complexity index is 975. The van der Waals surface area contributed by atoms with Crippen LogP contribution in [0.3, 0.4) is 0 Å². The second kappa shape index (κ2) is 8.39. The third-order valence-electron chi connectivity index (χ3n) is 4.22. The van der Waals surface area contributed by atoms with Crippen LogP contribution in [-0.4, -0.2) is 25.1 Å². The molecule has 0 fully saturated rings. The molecule has 2 aromatic carbocycles. The Morgan fingerprint density at radius 2 is 1.63 bits per heavy atom. The van der Waals surface area contributed by atoms with Gasteiger partial charge in [0.05, 0.1) is 19.8 Å². The van der Waals surface area contributed by atoms with Crippen LogP contribution in [0.15, 0.2) is 54.9 Å². The van der Waals surface area contributed by atoms with E-state index in [0.29, 0.717) is 17.1 Å².